The maximum Gasteiger partial charge on any atom is 0.192 e. The van der Waals surface area contributed by atoms with Crippen LogP contribution in [0.2, 0.25) is 0 Å². The summed E-state index contributed by atoms with van der Waals surface area (Å²) in [5.74, 6) is 0.176. The number of hydrogen-bond donors (Lipinski definition) is 0. The van der Waals surface area contributed by atoms with E-state index < -0.39 is 0 Å². The molecule has 29 heavy (non-hydrogen) atoms. The molecule has 1 aliphatic heterocycles. The van der Waals surface area contributed by atoms with Gasteiger partial charge in [-0.2, -0.15) is 0 Å². The largest absolute Gasteiger partial charge is 0.497 e. The number of hydrogen-bond acceptors (Lipinski definition) is 4. The van der Waals surface area contributed by atoms with Crippen LogP contribution in [0.1, 0.15) is 54.1 Å². The van der Waals surface area contributed by atoms with Crippen LogP contribution in [0, 0.1) is 11.3 Å². The number of benzene rings is 2. The zero-order valence-electron chi connectivity index (χ0n) is 16.9. The van der Waals surface area contributed by atoms with E-state index in [0.717, 1.165) is 34.7 Å². The molecule has 0 N–H and O–H groups in total. The smallest absolute Gasteiger partial charge is 0.192 e. The number of nitrogens with zero attached hydrogens (tertiary/aromatic N) is 1. The standard InChI is InChI=1S/C25H23NO3/c1-25(2)12-18-21(19(27)13-25)20(14-7-6-8-15(11-14)29-3)22-23(26-18)16-9-4-5-10-17(16)24(22)28/h4-11,20-21H,12-13H2,1-3H3/t20-,21?/m1/s1. The van der Waals surface area contributed by atoms with Crippen molar-refractivity contribution in [3.8, 4) is 5.75 Å². The molecule has 1 fully saturated rings. The van der Waals surface area contributed by atoms with Gasteiger partial charge in [0.1, 0.15) is 11.5 Å². The Morgan fingerprint density at radius 1 is 0.966 bits per heavy atom. The molecule has 0 amide bonds. The number of fused-ring (bicyclic) bond motifs is 3. The highest BCUT2D eigenvalue weighted by atomic mass is 16.5. The summed E-state index contributed by atoms with van der Waals surface area (Å²) < 4.78 is 5.43. The number of ether oxygens (including phenoxy) is 1. The minimum Gasteiger partial charge on any atom is -0.497 e. The normalized spacial score (nSPS) is 24.6. The molecule has 2 aromatic carbocycles. The third-order valence-electron chi connectivity index (χ3n) is 6.30. The van der Waals surface area contributed by atoms with Gasteiger partial charge in [-0.1, -0.05) is 50.2 Å². The number of rotatable bonds is 2. The lowest BCUT2D eigenvalue weighted by Crippen LogP contribution is -2.43. The Morgan fingerprint density at radius 3 is 2.48 bits per heavy atom. The summed E-state index contributed by atoms with van der Waals surface area (Å²) in [5.41, 5.74) is 4.68. The van der Waals surface area contributed by atoms with Gasteiger partial charge in [-0.15, -0.1) is 0 Å². The van der Waals surface area contributed by atoms with Gasteiger partial charge < -0.3 is 4.74 Å². The summed E-state index contributed by atoms with van der Waals surface area (Å²) in [7, 11) is 1.63. The second kappa shape index (κ2) is 6.24. The predicted molar refractivity (Wildman–Crippen MR) is 112 cm³/mol. The molecule has 0 spiro atoms. The monoisotopic (exact) mass is 385 g/mol. The first-order valence-electron chi connectivity index (χ1n) is 10.0. The van der Waals surface area contributed by atoms with E-state index in [-0.39, 0.29) is 28.8 Å². The van der Waals surface area contributed by atoms with Crippen molar-refractivity contribution in [3.63, 3.8) is 0 Å². The van der Waals surface area contributed by atoms with Gasteiger partial charge in [-0.3, -0.25) is 14.6 Å². The van der Waals surface area contributed by atoms with Crippen LogP contribution >= 0.6 is 0 Å². The van der Waals surface area contributed by atoms with E-state index >= 15 is 0 Å². The van der Waals surface area contributed by atoms with Crippen LogP contribution in [-0.4, -0.2) is 24.4 Å². The number of Topliss-reactive ketones (excluding diaryl/α,β-unsaturated/α-hetero) is 2. The zero-order chi connectivity index (χ0) is 20.3. The van der Waals surface area contributed by atoms with Gasteiger partial charge in [0, 0.05) is 34.8 Å². The molecule has 0 bridgehead atoms. The van der Waals surface area contributed by atoms with Gasteiger partial charge >= 0.3 is 0 Å². The summed E-state index contributed by atoms with van der Waals surface area (Å²) in [4.78, 5) is 31.7. The number of allylic oxidation sites excluding steroid dienone is 1. The Kier molecular flexibility index (Phi) is 3.89. The van der Waals surface area contributed by atoms with Gasteiger partial charge in [0.25, 0.3) is 0 Å². The van der Waals surface area contributed by atoms with E-state index in [0.29, 0.717) is 17.6 Å². The fourth-order valence-electron chi connectivity index (χ4n) is 5.12. The average molecular weight is 385 g/mol. The highest BCUT2D eigenvalue weighted by Crippen LogP contribution is 2.52. The summed E-state index contributed by atoms with van der Waals surface area (Å²) in [6.07, 6.45) is 1.26. The molecule has 5 rings (SSSR count). The van der Waals surface area contributed by atoms with Gasteiger partial charge in [-0.25, -0.2) is 0 Å². The molecular formula is C25H23NO3. The molecule has 4 heteroatoms. The average Bonchev–Trinajstić information content (AvgIpc) is 2.98. The second-order valence-corrected chi connectivity index (χ2v) is 8.96. The van der Waals surface area contributed by atoms with E-state index in [1.54, 1.807) is 7.11 Å². The molecule has 1 heterocycles. The van der Waals surface area contributed by atoms with Gasteiger partial charge in [0.2, 0.25) is 0 Å². The lowest BCUT2D eigenvalue weighted by molar-refractivity contribution is -0.124. The molecule has 0 radical (unpaired) electrons. The summed E-state index contributed by atoms with van der Waals surface area (Å²) in [6.45, 7) is 4.23. The van der Waals surface area contributed by atoms with E-state index in [1.807, 2.05) is 48.5 Å². The number of methoxy groups -OCH3 is 1. The second-order valence-electron chi connectivity index (χ2n) is 8.96. The summed E-state index contributed by atoms with van der Waals surface area (Å²) in [5, 5.41) is 0. The molecule has 146 valence electrons. The first kappa shape index (κ1) is 18.0. The van der Waals surface area contributed by atoms with Crippen molar-refractivity contribution in [2.75, 3.05) is 7.11 Å². The third kappa shape index (κ3) is 2.70. The first-order valence-corrected chi connectivity index (χ1v) is 10.0. The third-order valence-corrected chi connectivity index (χ3v) is 6.30. The van der Waals surface area contributed by atoms with E-state index in [4.69, 9.17) is 9.73 Å². The quantitative estimate of drug-likeness (QED) is 0.743. The van der Waals surface area contributed by atoms with Crippen molar-refractivity contribution in [2.45, 2.75) is 32.6 Å². The van der Waals surface area contributed by atoms with Crippen LogP contribution in [0.3, 0.4) is 0 Å². The van der Waals surface area contributed by atoms with Crippen LogP contribution < -0.4 is 4.74 Å². The lowest BCUT2D eigenvalue weighted by atomic mass is 9.63. The fraction of sp³-hybridized carbons (Fsp3) is 0.320. The Hall–Kier alpha value is -3.01. The minimum absolute atomic E-state index is 0.0103. The van der Waals surface area contributed by atoms with Crippen LogP contribution in [0.4, 0.5) is 0 Å². The fourth-order valence-corrected chi connectivity index (χ4v) is 5.12. The number of carbonyl (C=O) groups is 2. The van der Waals surface area contributed by atoms with Crippen molar-refractivity contribution in [1.29, 1.82) is 0 Å². The predicted octanol–water partition coefficient (Wildman–Crippen LogP) is 4.85. The van der Waals surface area contributed by atoms with Crippen molar-refractivity contribution >= 4 is 23.0 Å². The van der Waals surface area contributed by atoms with Crippen molar-refractivity contribution in [3.05, 3.63) is 70.8 Å². The summed E-state index contributed by atoms with van der Waals surface area (Å²) >= 11 is 0. The Morgan fingerprint density at radius 2 is 1.72 bits per heavy atom. The van der Waals surface area contributed by atoms with E-state index in [9.17, 15) is 9.59 Å². The molecule has 0 saturated heterocycles. The minimum atomic E-state index is -0.382. The zero-order valence-corrected chi connectivity index (χ0v) is 16.9. The molecule has 2 aromatic rings. The SMILES string of the molecule is COc1cccc([C@H]2C3=C(N=C4CC(C)(C)CC(=O)C42)c2ccccc2C3=O)c1. The molecule has 3 aliphatic rings. The maximum atomic E-state index is 13.4. The molecular weight excluding hydrogens is 362 g/mol. The number of carbonyl (C=O) groups excluding carboxylic acids is 2. The van der Waals surface area contributed by atoms with Crippen molar-refractivity contribution in [1.82, 2.24) is 0 Å². The van der Waals surface area contributed by atoms with Crippen molar-refractivity contribution in [2.24, 2.45) is 16.3 Å². The van der Waals surface area contributed by atoms with Crippen LogP contribution in [0.25, 0.3) is 5.70 Å². The van der Waals surface area contributed by atoms with Crippen LogP contribution in [0.5, 0.6) is 5.75 Å². The Bertz CT molecular complexity index is 1120. The highest BCUT2D eigenvalue weighted by molar-refractivity contribution is 6.25. The van der Waals surface area contributed by atoms with Crippen LogP contribution in [-0.2, 0) is 4.79 Å². The molecule has 1 unspecified atom stereocenters. The molecule has 2 atom stereocenters. The maximum absolute atomic E-state index is 13.4. The molecule has 0 aromatic heterocycles. The Balaban J connectivity index is 1.75. The number of ketones is 2. The Labute approximate surface area is 170 Å². The molecule has 2 aliphatic carbocycles. The van der Waals surface area contributed by atoms with Crippen LogP contribution in [0.15, 0.2) is 59.1 Å². The molecule has 1 saturated carbocycles. The summed E-state index contributed by atoms with van der Waals surface area (Å²) in [6, 6.07) is 15.4. The highest BCUT2D eigenvalue weighted by Gasteiger charge is 2.50. The topological polar surface area (TPSA) is 55.7 Å². The number of aliphatic imine (C=N–C) groups is 1. The van der Waals surface area contributed by atoms with Crippen molar-refractivity contribution < 1.29 is 14.3 Å². The van der Waals surface area contributed by atoms with E-state index in [2.05, 4.69) is 13.8 Å². The van der Waals surface area contributed by atoms with Gasteiger partial charge in [-0.05, 0) is 29.5 Å². The lowest BCUT2D eigenvalue weighted by Gasteiger charge is -2.40. The van der Waals surface area contributed by atoms with Gasteiger partial charge in [0.05, 0.1) is 18.7 Å². The molecule has 4 nitrogen and oxygen atoms in total. The van der Waals surface area contributed by atoms with Gasteiger partial charge in [0.15, 0.2) is 5.78 Å². The van der Waals surface area contributed by atoms with E-state index in [1.165, 1.54) is 0 Å². The first-order chi connectivity index (χ1) is 13.9.